The van der Waals surface area contributed by atoms with Gasteiger partial charge in [0.15, 0.2) is 0 Å². The molecule has 1 amide bonds. The zero-order valence-electron chi connectivity index (χ0n) is 11.6. The van der Waals surface area contributed by atoms with E-state index in [1.165, 1.54) is 0 Å². The Morgan fingerprint density at radius 3 is 2.63 bits per heavy atom. The van der Waals surface area contributed by atoms with Crippen LogP contribution in [0.1, 0.15) is 13.8 Å². The topological polar surface area (TPSA) is 55.6 Å². The standard InChI is InChI=1S/C14H21ClN2O2/c1-10(11(2)16)14(18)17(3)8-9-19-13-7-5-4-6-12(13)15/h4-7,10-11H,8-9,16H2,1-3H3. The SMILES string of the molecule is CC(N)C(C)C(=O)N(C)CCOc1ccccc1Cl. The second kappa shape index (κ2) is 7.36. The molecule has 0 aliphatic carbocycles. The Morgan fingerprint density at radius 2 is 2.05 bits per heavy atom. The van der Waals surface area contributed by atoms with Crippen molar-refractivity contribution in [2.24, 2.45) is 11.7 Å². The third kappa shape index (κ3) is 4.73. The van der Waals surface area contributed by atoms with E-state index in [0.29, 0.717) is 23.9 Å². The molecule has 0 radical (unpaired) electrons. The number of para-hydroxylation sites is 1. The fourth-order valence-electron chi connectivity index (χ4n) is 1.54. The number of carbonyl (C=O) groups is 1. The molecule has 4 nitrogen and oxygen atoms in total. The Hall–Kier alpha value is -1.26. The van der Waals surface area contributed by atoms with Gasteiger partial charge in [0.25, 0.3) is 0 Å². The Bertz CT molecular complexity index is 424. The molecule has 0 aliphatic heterocycles. The number of likely N-dealkylation sites (N-methyl/N-ethyl adjacent to an activating group) is 1. The van der Waals surface area contributed by atoms with E-state index < -0.39 is 0 Å². The molecule has 1 rings (SSSR count). The van der Waals surface area contributed by atoms with Gasteiger partial charge in [-0.2, -0.15) is 0 Å². The lowest BCUT2D eigenvalue weighted by Gasteiger charge is -2.23. The molecule has 2 atom stereocenters. The van der Waals surface area contributed by atoms with Crippen LogP contribution in [0.5, 0.6) is 5.75 Å². The maximum atomic E-state index is 12.0. The van der Waals surface area contributed by atoms with Crippen molar-refractivity contribution in [1.82, 2.24) is 4.90 Å². The van der Waals surface area contributed by atoms with E-state index in [2.05, 4.69) is 0 Å². The lowest BCUT2D eigenvalue weighted by molar-refractivity contribution is -0.134. The van der Waals surface area contributed by atoms with Crippen LogP contribution in [0.25, 0.3) is 0 Å². The van der Waals surface area contributed by atoms with Crippen molar-refractivity contribution < 1.29 is 9.53 Å². The third-order valence-electron chi connectivity index (χ3n) is 3.08. The summed E-state index contributed by atoms with van der Waals surface area (Å²) < 4.78 is 5.54. The quantitative estimate of drug-likeness (QED) is 0.871. The number of rotatable bonds is 6. The molecule has 2 N–H and O–H groups in total. The van der Waals surface area contributed by atoms with Gasteiger partial charge >= 0.3 is 0 Å². The van der Waals surface area contributed by atoms with Crippen LogP contribution in [0.2, 0.25) is 5.02 Å². The second-order valence-corrected chi connectivity index (χ2v) is 5.09. The third-order valence-corrected chi connectivity index (χ3v) is 3.39. The van der Waals surface area contributed by atoms with Gasteiger partial charge in [-0.1, -0.05) is 30.7 Å². The summed E-state index contributed by atoms with van der Waals surface area (Å²) in [6, 6.07) is 7.11. The maximum Gasteiger partial charge on any atom is 0.226 e. The van der Waals surface area contributed by atoms with E-state index >= 15 is 0 Å². The molecule has 0 aliphatic rings. The molecule has 5 heteroatoms. The Kier molecular flexibility index (Phi) is 6.12. The minimum Gasteiger partial charge on any atom is -0.490 e. The van der Waals surface area contributed by atoms with Gasteiger partial charge in [-0.3, -0.25) is 4.79 Å². The summed E-state index contributed by atoms with van der Waals surface area (Å²) in [7, 11) is 1.75. The van der Waals surface area contributed by atoms with Crippen LogP contribution >= 0.6 is 11.6 Å². The molecule has 0 heterocycles. The Labute approximate surface area is 119 Å². The van der Waals surface area contributed by atoms with Crippen LogP contribution in [-0.4, -0.2) is 37.0 Å². The van der Waals surface area contributed by atoms with Crippen LogP contribution in [0.4, 0.5) is 0 Å². The smallest absolute Gasteiger partial charge is 0.226 e. The summed E-state index contributed by atoms with van der Waals surface area (Å²) in [6.45, 7) is 4.56. The number of halogens is 1. The largest absolute Gasteiger partial charge is 0.490 e. The Morgan fingerprint density at radius 1 is 1.42 bits per heavy atom. The van der Waals surface area contributed by atoms with Crippen molar-refractivity contribution in [3.8, 4) is 5.75 Å². The predicted octanol–water partition coefficient (Wildman–Crippen LogP) is 2.16. The van der Waals surface area contributed by atoms with Crippen LogP contribution in [0.15, 0.2) is 24.3 Å². The molecule has 0 fully saturated rings. The van der Waals surface area contributed by atoms with Gasteiger partial charge in [0.1, 0.15) is 12.4 Å². The van der Waals surface area contributed by atoms with E-state index in [-0.39, 0.29) is 17.9 Å². The lowest BCUT2D eigenvalue weighted by Crippen LogP contribution is -2.41. The summed E-state index contributed by atoms with van der Waals surface area (Å²) in [4.78, 5) is 13.6. The minimum atomic E-state index is -0.190. The first-order valence-electron chi connectivity index (χ1n) is 6.31. The van der Waals surface area contributed by atoms with Crippen LogP contribution in [0, 0.1) is 5.92 Å². The number of ether oxygens (including phenoxy) is 1. The maximum absolute atomic E-state index is 12.0. The summed E-state index contributed by atoms with van der Waals surface area (Å²) in [6.07, 6.45) is 0. The summed E-state index contributed by atoms with van der Waals surface area (Å²) >= 11 is 5.97. The molecular weight excluding hydrogens is 264 g/mol. The zero-order valence-corrected chi connectivity index (χ0v) is 12.4. The van der Waals surface area contributed by atoms with Crippen molar-refractivity contribution in [1.29, 1.82) is 0 Å². The van der Waals surface area contributed by atoms with E-state index in [1.54, 1.807) is 24.1 Å². The fourth-order valence-corrected chi connectivity index (χ4v) is 1.73. The van der Waals surface area contributed by atoms with Crippen LogP contribution in [-0.2, 0) is 4.79 Å². The summed E-state index contributed by atoms with van der Waals surface area (Å²) in [5, 5.41) is 0.570. The van der Waals surface area contributed by atoms with Gasteiger partial charge in [0, 0.05) is 13.1 Å². The molecule has 0 saturated carbocycles. The number of hydrogen-bond acceptors (Lipinski definition) is 3. The first kappa shape index (κ1) is 15.8. The van der Waals surface area contributed by atoms with Crippen molar-refractivity contribution in [3.05, 3.63) is 29.3 Å². The van der Waals surface area contributed by atoms with Gasteiger partial charge in [-0.25, -0.2) is 0 Å². The van der Waals surface area contributed by atoms with Crippen molar-refractivity contribution >= 4 is 17.5 Å². The predicted molar refractivity (Wildman–Crippen MR) is 77.4 cm³/mol. The average Bonchev–Trinajstić information content (AvgIpc) is 2.38. The van der Waals surface area contributed by atoms with Gasteiger partial charge in [-0.15, -0.1) is 0 Å². The highest BCUT2D eigenvalue weighted by molar-refractivity contribution is 6.32. The number of nitrogens with zero attached hydrogens (tertiary/aromatic N) is 1. The molecular formula is C14H21ClN2O2. The average molecular weight is 285 g/mol. The monoisotopic (exact) mass is 284 g/mol. The number of amides is 1. The summed E-state index contributed by atoms with van der Waals surface area (Å²) in [5.74, 6) is 0.466. The first-order valence-corrected chi connectivity index (χ1v) is 6.69. The summed E-state index contributed by atoms with van der Waals surface area (Å²) in [5.41, 5.74) is 5.72. The zero-order chi connectivity index (χ0) is 14.4. The number of benzene rings is 1. The van der Waals surface area contributed by atoms with Crippen molar-refractivity contribution in [2.75, 3.05) is 20.2 Å². The minimum absolute atomic E-state index is 0.0257. The number of nitrogens with two attached hydrogens (primary N) is 1. The number of hydrogen-bond donors (Lipinski definition) is 1. The lowest BCUT2D eigenvalue weighted by atomic mass is 10.0. The van der Waals surface area contributed by atoms with Gasteiger partial charge in [0.05, 0.1) is 17.5 Å². The van der Waals surface area contributed by atoms with E-state index in [0.717, 1.165) is 0 Å². The van der Waals surface area contributed by atoms with E-state index in [1.807, 2.05) is 26.0 Å². The first-order chi connectivity index (χ1) is 8.93. The van der Waals surface area contributed by atoms with E-state index in [4.69, 9.17) is 22.1 Å². The fraction of sp³-hybridized carbons (Fsp3) is 0.500. The van der Waals surface area contributed by atoms with Gasteiger partial charge in [0.2, 0.25) is 5.91 Å². The van der Waals surface area contributed by atoms with Crippen LogP contribution in [0.3, 0.4) is 0 Å². The normalized spacial score (nSPS) is 13.7. The molecule has 106 valence electrons. The molecule has 0 saturated heterocycles. The van der Waals surface area contributed by atoms with Crippen LogP contribution < -0.4 is 10.5 Å². The van der Waals surface area contributed by atoms with Crippen molar-refractivity contribution in [2.45, 2.75) is 19.9 Å². The molecule has 0 bridgehead atoms. The second-order valence-electron chi connectivity index (χ2n) is 4.69. The number of carbonyl (C=O) groups excluding carboxylic acids is 1. The molecule has 1 aromatic rings. The van der Waals surface area contributed by atoms with Gasteiger partial charge < -0.3 is 15.4 Å². The molecule has 2 unspecified atom stereocenters. The molecule has 0 spiro atoms. The van der Waals surface area contributed by atoms with E-state index in [9.17, 15) is 4.79 Å². The Balaban J connectivity index is 2.41. The highest BCUT2D eigenvalue weighted by atomic mass is 35.5. The highest BCUT2D eigenvalue weighted by Crippen LogP contribution is 2.22. The van der Waals surface area contributed by atoms with Crippen molar-refractivity contribution in [3.63, 3.8) is 0 Å². The van der Waals surface area contributed by atoms with Gasteiger partial charge in [-0.05, 0) is 19.1 Å². The highest BCUT2D eigenvalue weighted by Gasteiger charge is 2.20. The molecule has 19 heavy (non-hydrogen) atoms. The molecule has 1 aromatic carbocycles. The molecule has 0 aromatic heterocycles.